The normalized spacial score (nSPS) is 15.2. The molecular formula is C23H20F4N2O4. The maximum atomic E-state index is 12.7. The first-order valence-electron chi connectivity index (χ1n) is 10.2. The van der Waals surface area contributed by atoms with Gasteiger partial charge in [-0.15, -0.1) is 0 Å². The highest BCUT2D eigenvalue weighted by molar-refractivity contribution is 5.92. The number of hydrogen-bond donors (Lipinski definition) is 0. The van der Waals surface area contributed by atoms with Crippen molar-refractivity contribution in [3.05, 3.63) is 60.0 Å². The van der Waals surface area contributed by atoms with Gasteiger partial charge in [-0.3, -0.25) is 4.79 Å². The van der Waals surface area contributed by atoms with E-state index in [4.69, 9.17) is 4.42 Å². The van der Waals surface area contributed by atoms with E-state index in [1.807, 2.05) is 24.3 Å². The highest BCUT2D eigenvalue weighted by Crippen LogP contribution is 2.31. The average molecular weight is 464 g/mol. The third-order valence-electron chi connectivity index (χ3n) is 5.30. The maximum absolute atomic E-state index is 12.7. The van der Waals surface area contributed by atoms with E-state index in [-0.39, 0.29) is 28.9 Å². The largest absolute Gasteiger partial charge is 0.440 e. The predicted octanol–water partition coefficient (Wildman–Crippen LogP) is 5.45. The first-order chi connectivity index (χ1) is 15.9. The molecule has 1 saturated heterocycles. The molecule has 0 spiro atoms. The number of nitrogens with zero attached hydrogens (tertiary/aromatic N) is 2. The Morgan fingerprint density at radius 1 is 1.06 bits per heavy atom. The number of oxazole rings is 1. The van der Waals surface area contributed by atoms with E-state index >= 15 is 0 Å². The van der Waals surface area contributed by atoms with Crippen LogP contribution in [0.1, 0.15) is 30.2 Å². The van der Waals surface area contributed by atoms with Crippen LogP contribution >= 0.6 is 0 Å². The summed E-state index contributed by atoms with van der Waals surface area (Å²) >= 11 is 0. The smallest absolute Gasteiger partial charge is 0.387 e. The Balaban J connectivity index is 1.39. The van der Waals surface area contributed by atoms with Crippen LogP contribution in [0, 0.1) is 0 Å². The Hall–Kier alpha value is -3.56. The molecule has 0 saturated carbocycles. The third kappa shape index (κ3) is 5.63. The second-order valence-electron chi connectivity index (χ2n) is 7.41. The molecule has 1 aliphatic heterocycles. The van der Waals surface area contributed by atoms with Crippen LogP contribution in [-0.2, 0) is 4.79 Å². The molecule has 1 amide bonds. The Morgan fingerprint density at radius 3 is 2.48 bits per heavy atom. The van der Waals surface area contributed by atoms with Crippen molar-refractivity contribution >= 4 is 23.1 Å². The molecule has 3 aromatic rings. The second kappa shape index (κ2) is 9.93. The van der Waals surface area contributed by atoms with Crippen LogP contribution in [0.3, 0.4) is 0 Å². The number of fused-ring (bicyclic) bond motifs is 1. The zero-order valence-corrected chi connectivity index (χ0v) is 17.3. The molecule has 0 atom stereocenters. The van der Waals surface area contributed by atoms with E-state index in [9.17, 15) is 22.4 Å². The fourth-order valence-corrected chi connectivity index (χ4v) is 3.70. The summed E-state index contributed by atoms with van der Waals surface area (Å²) in [6, 6.07) is 10.9. The van der Waals surface area contributed by atoms with E-state index in [1.54, 1.807) is 4.90 Å². The molecule has 2 heterocycles. The van der Waals surface area contributed by atoms with Crippen molar-refractivity contribution in [3.8, 4) is 11.5 Å². The molecule has 0 bridgehead atoms. The molecule has 10 heteroatoms. The number of carbonyl (C=O) groups is 1. The van der Waals surface area contributed by atoms with Crippen molar-refractivity contribution < 1.29 is 36.2 Å². The minimum absolute atomic E-state index is 0.0962. The molecule has 33 heavy (non-hydrogen) atoms. The fourth-order valence-electron chi connectivity index (χ4n) is 3.70. The van der Waals surface area contributed by atoms with E-state index in [0.29, 0.717) is 31.8 Å². The average Bonchev–Trinajstić information content (AvgIpc) is 3.22. The molecule has 0 unspecified atom stereocenters. The topological polar surface area (TPSA) is 64.8 Å². The Kier molecular flexibility index (Phi) is 6.81. The van der Waals surface area contributed by atoms with Gasteiger partial charge in [0.05, 0.1) is 0 Å². The van der Waals surface area contributed by atoms with Crippen LogP contribution in [0.15, 0.2) is 53.0 Å². The van der Waals surface area contributed by atoms with Gasteiger partial charge in [-0.1, -0.05) is 12.1 Å². The number of para-hydroxylation sites is 2. The summed E-state index contributed by atoms with van der Waals surface area (Å²) in [6.07, 6.45) is 3.89. The summed E-state index contributed by atoms with van der Waals surface area (Å²) in [5, 5.41) is 0. The van der Waals surface area contributed by atoms with E-state index in [1.165, 1.54) is 24.3 Å². The van der Waals surface area contributed by atoms with Gasteiger partial charge >= 0.3 is 13.2 Å². The van der Waals surface area contributed by atoms with Gasteiger partial charge in [0.2, 0.25) is 5.91 Å². The van der Waals surface area contributed by atoms with Gasteiger partial charge < -0.3 is 18.8 Å². The number of hydrogen-bond acceptors (Lipinski definition) is 5. The summed E-state index contributed by atoms with van der Waals surface area (Å²) in [7, 11) is 0. The van der Waals surface area contributed by atoms with E-state index in [2.05, 4.69) is 14.5 Å². The summed E-state index contributed by atoms with van der Waals surface area (Å²) in [6.45, 7) is -5.31. The van der Waals surface area contributed by atoms with Crippen molar-refractivity contribution in [2.24, 2.45) is 0 Å². The maximum Gasteiger partial charge on any atom is 0.387 e. The highest BCUT2D eigenvalue weighted by Gasteiger charge is 2.26. The van der Waals surface area contributed by atoms with E-state index in [0.717, 1.165) is 17.2 Å². The molecule has 0 N–H and O–H groups in total. The number of carbonyl (C=O) groups excluding carboxylic acids is 1. The van der Waals surface area contributed by atoms with Gasteiger partial charge in [0.25, 0.3) is 0 Å². The lowest BCUT2D eigenvalue weighted by molar-refractivity contribution is -0.127. The summed E-state index contributed by atoms with van der Waals surface area (Å²) < 4.78 is 64.6. The van der Waals surface area contributed by atoms with E-state index < -0.39 is 13.2 Å². The number of ether oxygens (including phenoxy) is 2. The minimum atomic E-state index is -3.17. The van der Waals surface area contributed by atoms with Crippen LogP contribution in [-0.4, -0.2) is 42.1 Å². The molecular weight excluding hydrogens is 444 g/mol. The molecule has 4 rings (SSSR count). The van der Waals surface area contributed by atoms with Crippen LogP contribution < -0.4 is 9.47 Å². The fraction of sp³-hybridized carbons (Fsp3) is 0.304. The highest BCUT2D eigenvalue weighted by atomic mass is 19.3. The first-order valence-corrected chi connectivity index (χ1v) is 10.2. The summed E-state index contributed by atoms with van der Waals surface area (Å²) in [4.78, 5) is 18.7. The number of rotatable bonds is 7. The minimum Gasteiger partial charge on any atom is -0.440 e. The number of halogens is 4. The first kappa shape index (κ1) is 22.6. The Morgan fingerprint density at radius 2 is 1.79 bits per heavy atom. The van der Waals surface area contributed by atoms with Crippen LogP contribution in [0.2, 0.25) is 0 Å². The van der Waals surface area contributed by atoms with Crippen molar-refractivity contribution in [3.63, 3.8) is 0 Å². The number of piperidine rings is 1. The lowest BCUT2D eigenvalue weighted by Gasteiger charge is -2.29. The quantitative estimate of drug-likeness (QED) is 0.344. The summed E-state index contributed by atoms with van der Waals surface area (Å²) in [5.74, 6) is -0.258. The van der Waals surface area contributed by atoms with Gasteiger partial charge in [-0.05, 0) is 43.2 Å². The van der Waals surface area contributed by atoms with Crippen molar-refractivity contribution in [1.82, 2.24) is 9.88 Å². The SMILES string of the molecule is O=C(/C=C/c1ccc(OC(F)F)cc1OC(F)F)N1CCC(c2nc3ccccc3o2)CC1. The second-order valence-corrected chi connectivity index (χ2v) is 7.41. The zero-order chi connectivity index (χ0) is 23.4. The molecule has 1 fully saturated rings. The molecule has 1 aliphatic rings. The molecule has 174 valence electrons. The van der Waals surface area contributed by atoms with Gasteiger partial charge in [0, 0.05) is 36.7 Å². The number of amides is 1. The van der Waals surface area contributed by atoms with Gasteiger partial charge in [-0.25, -0.2) is 4.98 Å². The summed E-state index contributed by atoms with van der Waals surface area (Å²) in [5.41, 5.74) is 1.65. The van der Waals surface area contributed by atoms with Crippen LogP contribution in [0.4, 0.5) is 17.6 Å². The monoisotopic (exact) mass is 464 g/mol. The lowest BCUT2D eigenvalue weighted by Crippen LogP contribution is -2.36. The van der Waals surface area contributed by atoms with Crippen LogP contribution in [0.5, 0.6) is 11.5 Å². The standard InChI is InChI=1S/C23H20F4N2O4/c24-22(25)31-16-7-5-14(19(13-16)33-23(26)27)6-8-20(30)29-11-9-15(10-12-29)21-28-17-3-1-2-4-18(17)32-21/h1-8,13,15,22-23H,9-12H2/b8-6+. The number of likely N-dealkylation sites (tertiary alicyclic amines) is 1. The lowest BCUT2D eigenvalue weighted by atomic mass is 9.96. The van der Waals surface area contributed by atoms with Gasteiger partial charge in [0.1, 0.15) is 17.0 Å². The molecule has 0 aliphatic carbocycles. The van der Waals surface area contributed by atoms with Crippen molar-refractivity contribution in [2.75, 3.05) is 13.1 Å². The van der Waals surface area contributed by atoms with Gasteiger partial charge in [0.15, 0.2) is 11.5 Å². The van der Waals surface area contributed by atoms with Crippen LogP contribution in [0.25, 0.3) is 17.2 Å². The zero-order valence-electron chi connectivity index (χ0n) is 17.3. The molecule has 0 radical (unpaired) electrons. The van der Waals surface area contributed by atoms with Crippen molar-refractivity contribution in [1.29, 1.82) is 0 Å². The number of aromatic nitrogens is 1. The number of alkyl halides is 4. The van der Waals surface area contributed by atoms with Crippen molar-refractivity contribution in [2.45, 2.75) is 32.0 Å². The Labute approximate surface area is 186 Å². The predicted molar refractivity (Wildman–Crippen MR) is 111 cm³/mol. The molecule has 6 nitrogen and oxygen atoms in total. The molecule has 1 aromatic heterocycles. The molecule has 2 aromatic carbocycles. The number of benzene rings is 2. The van der Waals surface area contributed by atoms with Gasteiger partial charge in [-0.2, -0.15) is 17.6 Å². The third-order valence-corrected chi connectivity index (χ3v) is 5.30. The Bertz CT molecular complexity index is 1110.